The van der Waals surface area contributed by atoms with Gasteiger partial charge in [0.1, 0.15) is 10.7 Å². The van der Waals surface area contributed by atoms with E-state index in [9.17, 15) is 17.6 Å². The van der Waals surface area contributed by atoms with Crippen LogP contribution in [0.4, 0.5) is 15.8 Å². The lowest BCUT2D eigenvalue weighted by Gasteiger charge is -2.33. The van der Waals surface area contributed by atoms with E-state index in [2.05, 4.69) is 29.5 Å². The van der Waals surface area contributed by atoms with Gasteiger partial charge >= 0.3 is 0 Å². The molecule has 3 aromatic rings. The minimum absolute atomic E-state index is 0.166. The first-order chi connectivity index (χ1) is 16.2. The van der Waals surface area contributed by atoms with Gasteiger partial charge in [0.15, 0.2) is 5.78 Å². The zero-order valence-electron chi connectivity index (χ0n) is 19.7. The Kier molecular flexibility index (Phi) is 7.09. The van der Waals surface area contributed by atoms with E-state index in [0.29, 0.717) is 4.88 Å². The molecule has 0 aliphatic carbocycles. The van der Waals surface area contributed by atoms with E-state index in [-0.39, 0.29) is 17.9 Å². The monoisotopic (exact) mass is 500 g/mol. The highest BCUT2D eigenvalue weighted by Gasteiger charge is 2.25. The highest BCUT2D eigenvalue weighted by Crippen LogP contribution is 2.34. The molecule has 1 aliphatic heterocycles. The van der Waals surface area contributed by atoms with Crippen LogP contribution in [0.5, 0.6) is 0 Å². The molecule has 4 rings (SSSR count). The lowest BCUT2D eigenvalue weighted by atomic mass is 9.92. The molecule has 1 saturated heterocycles. The maximum atomic E-state index is 14.1. The molecule has 0 amide bonds. The van der Waals surface area contributed by atoms with Gasteiger partial charge in [-0.25, -0.2) is 12.8 Å². The van der Waals surface area contributed by atoms with Gasteiger partial charge in [-0.05, 0) is 85.9 Å². The number of carbonyl (C=O) groups is 1. The summed E-state index contributed by atoms with van der Waals surface area (Å²) in [5.41, 5.74) is 5.73. The number of carbonyl (C=O) groups excluding carboxylic acids is 1. The van der Waals surface area contributed by atoms with Crippen LogP contribution in [0.15, 0.2) is 46.7 Å². The number of halogens is 1. The number of nitrogens with one attached hydrogen (secondary N) is 1. The van der Waals surface area contributed by atoms with Crippen LogP contribution >= 0.6 is 11.3 Å². The number of anilines is 2. The summed E-state index contributed by atoms with van der Waals surface area (Å²) < 4.78 is 42.0. The van der Waals surface area contributed by atoms with E-state index >= 15 is 0 Å². The molecule has 0 radical (unpaired) electrons. The van der Waals surface area contributed by atoms with Crippen molar-refractivity contribution in [3.8, 4) is 0 Å². The standard InChI is InChI=1S/C26H29FN2O3S2/c1-17-15-18(2)25(29-12-7-4-8-13-29)19(3)20(17)16-23(30)26-22(11-14-33-26)28-34(31,32)24-10-6-5-9-21(24)27/h5-6,9-11,14-15,28H,4,7-8,12-13,16H2,1-3H3. The van der Waals surface area contributed by atoms with Crippen LogP contribution in [-0.4, -0.2) is 27.3 Å². The molecule has 0 spiro atoms. The Bertz CT molecular complexity index is 1330. The molecule has 2 aromatic carbocycles. The summed E-state index contributed by atoms with van der Waals surface area (Å²) in [5.74, 6) is -1.00. The van der Waals surface area contributed by atoms with E-state index in [0.717, 1.165) is 35.8 Å². The van der Waals surface area contributed by atoms with Crippen LogP contribution < -0.4 is 9.62 Å². The van der Waals surface area contributed by atoms with E-state index in [1.807, 2.05) is 6.92 Å². The molecule has 1 fully saturated rings. The van der Waals surface area contributed by atoms with E-state index in [4.69, 9.17) is 0 Å². The average molecular weight is 501 g/mol. The lowest BCUT2D eigenvalue weighted by Crippen LogP contribution is -2.31. The Labute approximate surface area is 204 Å². The molecule has 0 unspecified atom stereocenters. The second-order valence-corrected chi connectivity index (χ2v) is 11.4. The fraction of sp³-hybridized carbons (Fsp3) is 0.346. The number of Topliss-reactive ketones (excluding diaryl/α,β-unsaturated/α-hetero) is 1. The zero-order valence-corrected chi connectivity index (χ0v) is 21.3. The summed E-state index contributed by atoms with van der Waals surface area (Å²) in [6.07, 6.45) is 3.76. The van der Waals surface area contributed by atoms with Gasteiger partial charge in [0.05, 0.1) is 10.6 Å². The summed E-state index contributed by atoms with van der Waals surface area (Å²) >= 11 is 1.18. The molecule has 1 aromatic heterocycles. The van der Waals surface area contributed by atoms with Crippen molar-refractivity contribution in [3.05, 3.63) is 74.7 Å². The number of rotatable bonds is 7. The minimum Gasteiger partial charge on any atom is -0.371 e. The number of piperidine rings is 1. The number of benzene rings is 2. The molecular weight excluding hydrogens is 471 g/mol. The molecule has 0 saturated carbocycles. The average Bonchev–Trinajstić information content (AvgIpc) is 3.25. The lowest BCUT2D eigenvalue weighted by molar-refractivity contribution is 0.0997. The SMILES string of the molecule is Cc1cc(C)c(N2CCCCC2)c(C)c1CC(=O)c1sccc1NS(=O)(=O)c1ccccc1F. The highest BCUT2D eigenvalue weighted by molar-refractivity contribution is 7.92. The second kappa shape index (κ2) is 9.88. The molecular formula is C26H29FN2O3S2. The van der Waals surface area contributed by atoms with E-state index in [1.165, 1.54) is 60.0 Å². The molecule has 1 aliphatic rings. The number of hydrogen-bond acceptors (Lipinski definition) is 5. The molecule has 34 heavy (non-hydrogen) atoms. The first-order valence-electron chi connectivity index (χ1n) is 11.4. The summed E-state index contributed by atoms with van der Waals surface area (Å²) in [5, 5.41) is 1.67. The third kappa shape index (κ3) is 4.88. The summed E-state index contributed by atoms with van der Waals surface area (Å²) in [6.45, 7) is 8.24. The largest absolute Gasteiger partial charge is 0.371 e. The number of hydrogen-bond donors (Lipinski definition) is 1. The van der Waals surface area contributed by atoms with Crippen LogP contribution in [0, 0.1) is 26.6 Å². The van der Waals surface area contributed by atoms with Gasteiger partial charge in [-0.3, -0.25) is 9.52 Å². The third-order valence-corrected chi connectivity index (χ3v) is 8.74. The van der Waals surface area contributed by atoms with Gasteiger partial charge in [-0.2, -0.15) is 0 Å². The molecule has 5 nitrogen and oxygen atoms in total. The van der Waals surface area contributed by atoms with Gasteiger partial charge in [-0.1, -0.05) is 18.2 Å². The van der Waals surface area contributed by atoms with Crippen molar-refractivity contribution in [3.63, 3.8) is 0 Å². The Morgan fingerprint density at radius 2 is 1.76 bits per heavy atom. The van der Waals surface area contributed by atoms with Gasteiger partial charge in [0, 0.05) is 25.2 Å². The van der Waals surface area contributed by atoms with Crippen LogP contribution in [0.25, 0.3) is 0 Å². The quantitative estimate of drug-likeness (QED) is 0.402. The van der Waals surface area contributed by atoms with Gasteiger partial charge < -0.3 is 4.90 Å². The van der Waals surface area contributed by atoms with Crippen molar-refractivity contribution in [1.82, 2.24) is 0 Å². The maximum absolute atomic E-state index is 14.1. The maximum Gasteiger partial charge on any atom is 0.264 e. The van der Waals surface area contributed by atoms with Crippen LogP contribution in [0.2, 0.25) is 0 Å². The van der Waals surface area contributed by atoms with Crippen molar-refractivity contribution in [2.75, 3.05) is 22.7 Å². The summed E-state index contributed by atoms with van der Waals surface area (Å²) in [7, 11) is -4.16. The van der Waals surface area contributed by atoms with E-state index in [1.54, 1.807) is 11.4 Å². The predicted molar refractivity (Wildman–Crippen MR) is 136 cm³/mol. The summed E-state index contributed by atoms with van der Waals surface area (Å²) in [4.78, 5) is 15.6. The molecule has 180 valence electrons. The van der Waals surface area contributed by atoms with Crippen LogP contribution in [-0.2, 0) is 16.4 Å². The van der Waals surface area contributed by atoms with Crippen LogP contribution in [0.1, 0.15) is 51.2 Å². The second-order valence-electron chi connectivity index (χ2n) is 8.81. The number of thiophene rings is 1. The molecule has 0 bridgehead atoms. The molecule has 8 heteroatoms. The minimum atomic E-state index is -4.16. The third-order valence-electron chi connectivity index (χ3n) is 6.39. The van der Waals surface area contributed by atoms with Crippen molar-refractivity contribution < 1.29 is 17.6 Å². The number of sulfonamides is 1. The topological polar surface area (TPSA) is 66.5 Å². The van der Waals surface area contributed by atoms with Crippen molar-refractivity contribution >= 4 is 38.5 Å². The van der Waals surface area contributed by atoms with Gasteiger partial charge in [0.2, 0.25) is 0 Å². The molecule has 0 atom stereocenters. The Hall–Kier alpha value is -2.71. The fourth-order valence-electron chi connectivity index (χ4n) is 4.80. The van der Waals surface area contributed by atoms with Crippen LogP contribution in [0.3, 0.4) is 0 Å². The zero-order chi connectivity index (χ0) is 24.5. The number of ketones is 1. The Balaban J connectivity index is 1.62. The van der Waals surface area contributed by atoms with Crippen molar-refractivity contribution in [2.45, 2.75) is 51.3 Å². The van der Waals surface area contributed by atoms with Crippen molar-refractivity contribution in [2.24, 2.45) is 0 Å². The summed E-state index contributed by atoms with van der Waals surface area (Å²) in [6, 6.07) is 8.86. The van der Waals surface area contributed by atoms with Gasteiger partial charge in [0.25, 0.3) is 10.0 Å². The number of aryl methyl sites for hydroxylation is 2. The smallest absolute Gasteiger partial charge is 0.264 e. The highest BCUT2D eigenvalue weighted by atomic mass is 32.2. The first-order valence-corrected chi connectivity index (χ1v) is 13.8. The molecule has 2 heterocycles. The molecule has 1 N–H and O–H groups in total. The van der Waals surface area contributed by atoms with Crippen molar-refractivity contribution in [1.29, 1.82) is 0 Å². The predicted octanol–water partition coefficient (Wildman–Crippen LogP) is 6.03. The van der Waals surface area contributed by atoms with E-state index < -0.39 is 20.7 Å². The number of nitrogens with zero attached hydrogens (tertiary/aromatic N) is 1. The Morgan fingerprint density at radius 3 is 2.47 bits per heavy atom. The normalized spacial score (nSPS) is 14.3. The first kappa shape index (κ1) is 24.4. The fourth-order valence-corrected chi connectivity index (χ4v) is 6.81. The Morgan fingerprint density at radius 1 is 1.06 bits per heavy atom. The van der Waals surface area contributed by atoms with Gasteiger partial charge in [-0.15, -0.1) is 11.3 Å².